The number of hydrogen-bond donors (Lipinski definition) is 1. The SMILES string of the molecule is CCCCCC(=O)NC1CCC1. The number of amides is 1. The van der Waals surface area contributed by atoms with Crippen molar-refractivity contribution in [1.82, 2.24) is 5.32 Å². The lowest BCUT2D eigenvalue weighted by molar-refractivity contribution is -0.122. The van der Waals surface area contributed by atoms with Gasteiger partial charge in [0.25, 0.3) is 0 Å². The van der Waals surface area contributed by atoms with Crippen molar-refractivity contribution in [1.29, 1.82) is 0 Å². The van der Waals surface area contributed by atoms with Crippen molar-refractivity contribution < 1.29 is 4.79 Å². The van der Waals surface area contributed by atoms with E-state index in [1.807, 2.05) is 0 Å². The van der Waals surface area contributed by atoms with Crippen molar-refractivity contribution in [3.63, 3.8) is 0 Å². The number of carbonyl (C=O) groups is 1. The van der Waals surface area contributed by atoms with Gasteiger partial charge in [0.15, 0.2) is 0 Å². The summed E-state index contributed by atoms with van der Waals surface area (Å²) in [7, 11) is 0. The summed E-state index contributed by atoms with van der Waals surface area (Å²) < 4.78 is 0. The van der Waals surface area contributed by atoms with E-state index in [1.165, 1.54) is 32.1 Å². The van der Waals surface area contributed by atoms with Crippen LogP contribution in [0.1, 0.15) is 51.9 Å². The van der Waals surface area contributed by atoms with E-state index in [-0.39, 0.29) is 5.91 Å². The Balaban J connectivity index is 1.95. The molecule has 2 heteroatoms. The number of rotatable bonds is 5. The number of hydrogen-bond acceptors (Lipinski definition) is 1. The summed E-state index contributed by atoms with van der Waals surface area (Å²) in [6, 6.07) is 0.513. The van der Waals surface area contributed by atoms with Crippen molar-refractivity contribution in [3.8, 4) is 0 Å². The lowest BCUT2D eigenvalue weighted by Gasteiger charge is -2.26. The third-order valence-electron chi connectivity index (χ3n) is 2.48. The van der Waals surface area contributed by atoms with Gasteiger partial charge in [-0.1, -0.05) is 19.8 Å². The molecule has 70 valence electrons. The van der Waals surface area contributed by atoms with Gasteiger partial charge in [-0.05, 0) is 25.7 Å². The van der Waals surface area contributed by atoms with Crippen LogP contribution < -0.4 is 5.32 Å². The molecule has 0 unspecified atom stereocenters. The van der Waals surface area contributed by atoms with E-state index in [1.54, 1.807) is 0 Å². The number of carbonyl (C=O) groups excluding carboxylic acids is 1. The Morgan fingerprint density at radius 1 is 1.42 bits per heavy atom. The van der Waals surface area contributed by atoms with Crippen LogP contribution >= 0.6 is 0 Å². The van der Waals surface area contributed by atoms with Gasteiger partial charge in [-0.25, -0.2) is 0 Å². The third-order valence-corrected chi connectivity index (χ3v) is 2.48. The highest BCUT2D eigenvalue weighted by atomic mass is 16.1. The molecular weight excluding hydrogens is 150 g/mol. The predicted molar refractivity (Wildman–Crippen MR) is 49.9 cm³/mol. The second kappa shape index (κ2) is 5.18. The van der Waals surface area contributed by atoms with Crippen LogP contribution in [0.15, 0.2) is 0 Å². The van der Waals surface area contributed by atoms with Crippen LogP contribution in [0.5, 0.6) is 0 Å². The molecule has 0 atom stereocenters. The molecule has 0 aliphatic heterocycles. The molecule has 1 aliphatic carbocycles. The quantitative estimate of drug-likeness (QED) is 0.628. The molecule has 0 aromatic carbocycles. The predicted octanol–water partition coefficient (Wildman–Crippen LogP) is 2.24. The average Bonchev–Trinajstić information content (AvgIpc) is 1.98. The van der Waals surface area contributed by atoms with Crippen LogP contribution in [0.2, 0.25) is 0 Å². The van der Waals surface area contributed by atoms with Gasteiger partial charge >= 0.3 is 0 Å². The molecule has 1 N–H and O–H groups in total. The molecule has 2 nitrogen and oxygen atoms in total. The maximum Gasteiger partial charge on any atom is 0.220 e. The van der Waals surface area contributed by atoms with Crippen molar-refractivity contribution in [3.05, 3.63) is 0 Å². The highest BCUT2D eigenvalue weighted by molar-refractivity contribution is 5.76. The Morgan fingerprint density at radius 3 is 2.67 bits per heavy atom. The van der Waals surface area contributed by atoms with Gasteiger partial charge in [-0.3, -0.25) is 4.79 Å². The third kappa shape index (κ3) is 3.24. The summed E-state index contributed by atoms with van der Waals surface area (Å²) >= 11 is 0. The molecule has 1 fully saturated rings. The largest absolute Gasteiger partial charge is 0.353 e. The summed E-state index contributed by atoms with van der Waals surface area (Å²) in [5.74, 6) is 0.258. The summed E-state index contributed by atoms with van der Waals surface area (Å²) in [5, 5.41) is 3.04. The van der Waals surface area contributed by atoms with Crippen LogP contribution in [0.4, 0.5) is 0 Å². The van der Waals surface area contributed by atoms with E-state index >= 15 is 0 Å². The van der Waals surface area contributed by atoms with E-state index in [2.05, 4.69) is 12.2 Å². The first-order valence-electron chi connectivity index (χ1n) is 5.12. The number of nitrogens with one attached hydrogen (secondary N) is 1. The topological polar surface area (TPSA) is 29.1 Å². The Labute approximate surface area is 74.7 Å². The summed E-state index contributed by atoms with van der Waals surface area (Å²) in [5.41, 5.74) is 0. The zero-order valence-corrected chi connectivity index (χ0v) is 7.94. The molecule has 0 saturated heterocycles. The first kappa shape index (κ1) is 9.56. The van der Waals surface area contributed by atoms with Crippen molar-refractivity contribution in [2.24, 2.45) is 0 Å². The van der Waals surface area contributed by atoms with E-state index in [0.717, 1.165) is 12.8 Å². The molecule has 1 amide bonds. The smallest absolute Gasteiger partial charge is 0.220 e. The first-order chi connectivity index (χ1) is 5.83. The second-order valence-electron chi connectivity index (χ2n) is 3.65. The molecule has 0 heterocycles. The van der Waals surface area contributed by atoms with E-state index < -0.39 is 0 Å². The van der Waals surface area contributed by atoms with Gasteiger partial charge < -0.3 is 5.32 Å². The van der Waals surface area contributed by atoms with Gasteiger partial charge in [0, 0.05) is 12.5 Å². The Hall–Kier alpha value is -0.530. The normalized spacial score (nSPS) is 17.1. The lowest BCUT2D eigenvalue weighted by Crippen LogP contribution is -2.39. The molecule has 0 radical (unpaired) electrons. The van der Waals surface area contributed by atoms with Gasteiger partial charge in [-0.2, -0.15) is 0 Å². The fourth-order valence-corrected chi connectivity index (χ4v) is 1.39. The highest BCUT2D eigenvalue weighted by Crippen LogP contribution is 2.18. The summed E-state index contributed by atoms with van der Waals surface area (Å²) in [6.07, 6.45) is 7.83. The van der Waals surface area contributed by atoms with E-state index in [0.29, 0.717) is 6.04 Å². The Morgan fingerprint density at radius 2 is 2.17 bits per heavy atom. The molecule has 1 rings (SSSR count). The Kier molecular flexibility index (Phi) is 4.12. The highest BCUT2D eigenvalue weighted by Gasteiger charge is 2.18. The van der Waals surface area contributed by atoms with Crippen LogP contribution in [-0.4, -0.2) is 11.9 Å². The Bertz CT molecular complexity index is 141. The maximum atomic E-state index is 11.2. The molecule has 12 heavy (non-hydrogen) atoms. The van der Waals surface area contributed by atoms with Crippen molar-refractivity contribution >= 4 is 5.91 Å². The first-order valence-corrected chi connectivity index (χ1v) is 5.12. The lowest BCUT2D eigenvalue weighted by atomic mass is 9.93. The maximum absolute atomic E-state index is 11.2. The fourth-order valence-electron chi connectivity index (χ4n) is 1.39. The minimum atomic E-state index is 0.258. The van der Waals surface area contributed by atoms with Crippen molar-refractivity contribution in [2.75, 3.05) is 0 Å². The van der Waals surface area contributed by atoms with Crippen LogP contribution in [0, 0.1) is 0 Å². The van der Waals surface area contributed by atoms with E-state index in [9.17, 15) is 4.79 Å². The fraction of sp³-hybridized carbons (Fsp3) is 0.900. The van der Waals surface area contributed by atoms with Gasteiger partial charge in [0.1, 0.15) is 0 Å². The van der Waals surface area contributed by atoms with Gasteiger partial charge in [0.2, 0.25) is 5.91 Å². The molecule has 1 aliphatic rings. The zero-order chi connectivity index (χ0) is 8.81. The summed E-state index contributed by atoms with van der Waals surface area (Å²) in [6.45, 7) is 2.16. The number of unbranched alkanes of at least 4 members (excludes halogenated alkanes) is 2. The molecular formula is C10H19NO. The van der Waals surface area contributed by atoms with Crippen LogP contribution in [0.25, 0.3) is 0 Å². The molecule has 0 aromatic heterocycles. The average molecular weight is 169 g/mol. The van der Waals surface area contributed by atoms with E-state index in [4.69, 9.17) is 0 Å². The van der Waals surface area contributed by atoms with Gasteiger partial charge in [-0.15, -0.1) is 0 Å². The van der Waals surface area contributed by atoms with Gasteiger partial charge in [0.05, 0.1) is 0 Å². The molecule has 0 spiro atoms. The molecule has 0 bridgehead atoms. The second-order valence-corrected chi connectivity index (χ2v) is 3.65. The summed E-state index contributed by atoms with van der Waals surface area (Å²) in [4.78, 5) is 11.2. The molecule has 1 saturated carbocycles. The van der Waals surface area contributed by atoms with Crippen molar-refractivity contribution in [2.45, 2.75) is 57.9 Å². The van der Waals surface area contributed by atoms with Crippen LogP contribution in [0.3, 0.4) is 0 Å². The molecule has 0 aromatic rings. The zero-order valence-electron chi connectivity index (χ0n) is 7.94. The minimum Gasteiger partial charge on any atom is -0.353 e. The monoisotopic (exact) mass is 169 g/mol. The minimum absolute atomic E-state index is 0.258. The van der Waals surface area contributed by atoms with Crippen LogP contribution in [-0.2, 0) is 4.79 Å². The standard InChI is InChI=1S/C10H19NO/c1-2-3-4-8-10(12)11-9-6-5-7-9/h9H,2-8H2,1H3,(H,11,12).